The molecule has 1 unspecified atom stereocenters. The minimum atomic E-state index is -2.96. The lowest BCUT2D eigenvalue weighted by atomic mass is 10.2. The highest BCUT2D eigenvalue weighted by Crippen LogP contribution is 2.31. The first-order valence-corrected chi connectivity index (χ1v) is 9.99. The molecule has 0 spiro atoms. The Morgan fingerprint density at radius 2 is 1.96 bits per heavy atom. The van der Waals surface area contributed by atoms with Crippen LogP contribution in [0.15, 0.2) is 30.5 Å². The second kappa shape index (κ2) is 7.36. The van der Waals surface area contributed by atoms with Crippen LogP contribution in [0.5, 0.6) is 11.5 Å². The van der Waals surface area contributed by atoms with Crippen molar-refractivity contribution in [2.45, 2.75) is 12.5 Å². The van der Waals surface area contributed by atoms with Gasteiger partial charge in [0.1, 0.15) is 5.82 Å². The van der Waals surface area contributed by atoms with E-state index in [2.05, 4.69) is 15.3 Å². The zero-order chi connectivity index (χ0) is 18.7. The Morgan fingerprint density at radius 3 is 2.62 bits per heavy atom. The highest BCUT2D eigenvalue weighted by molar-refractivity contribution is 7.91. The van der Waals surface area contributed by atoms with E-state index < -0.39 is 9.84 Å². The van der Waals surface area contributed by atoms with Crippen molar-refractivity contribution in [2.75, 3.05) is 43.0 Å². The zero-order valence-electron chi connectivity index (χ0n) is 15.0. The zero-order valence-corrected chi connectivity index (χ0v) is 15.8. The second-order valence-electron chi connectivity index (χ2n) is 6.10. The van der Waals surface area contributed by atoms with Gasteiger partial charge in [-0.1, -0.05) is 0 Å². The van der Waals surface area contributed by atoms with Gasteiger partial charge >= 0.3 is 0 Å². The summed E-state index contributed by atoms with van der Waals surface area (Å²) < 4.78 is 33.9. The minimum absolute atomic E-state index is 0.101. The SMILES string of the molecule is COc1ccc(Nc2ccnc(N(C)C3CCS(=O)(=O)C3)n2)cc1OC. The number of ether oxygens (including phenoxy) is 2. The van der Waals surface area contributed by atoms with Gasteiger partial charge in [0.25, 0.3) is 0 Å². The number of benzene rings is 1. The van der Waals surface area contributed by atoms with Crippen LogP contribution in [-0.4, -0.2) is 57.2 Å². The predicted octanol–water partition coefficient (Wildman–Crippen LogP) is 1.86. The van der Waals surface area contributed by atoms with Gasteiger partial charge in [-0.2, -0.15) is 4.98 Å². The summed E-state index contributed by atoms with van der Waals surface area (Å²) >= 11 is 0. The molecule has 140 valence electrons. The molecule has 1 N–H and O–H groups in total. The van der Waals surface area contributed by atoms with E-state index in [-0.39, 0.29) is 17.5 Å². The monoisotopic (exact) mass is 378 g/mol. The molecule has 0 radical (unpaired) electrons. The molecule has 0 saturated carbocycles. The van der Waals surface area contributed by atoms with Gasteiger partial charge in [-0.05, 0) is 24.6 Å². The Bertz CT molecular complexity index is 888. The highest BCUT2D eigenvalue weighted by atomic mass is 32.2. The molecular weight excluding hydrogens is 356 g/mol. The Labute approximate surface area is 153 Å². The van der Waals surface area contributed by atoms with Crippen LogP contribution in [0.2, 0.25) is 0 Å². The molecule has 1 aromatic heterocycles. The maximum atomic E-state index is 11.7. The van der Waals surface area contributed by atoms with E-state index in [0.29, 0.717) is 29.7 Å². The maximum absolute atomic E-state index is 11.7. The smallest absolute Gasteiger partial charge is 0.227 e. The summed E-state index contributed by atoms with van der Waals surface area (Å²) in [5.74, 6) is 2.70. The Morgan fingerprint density at radius 1 is 1.19 bits per heavy atom. The van der Waals surface area contributed by atoms with Gasteiger partial charge in [-0.15, -0.1) is 0 Å². The van der Waals surface area contributed by atoms with Crippen molar-refractivity contribution in [3.8, 4) is 11.5 Å². The van der Waals surface area contributed by atoms with Gasteiger partial charge in [0.2, 0.25) is 5.95 Å². The second-order valence-corrected chi connectivity index (χ2v) is 8.33. The predicted molar refractivity (Wildman–Crippen MR) is 100 cm³/mol. The number of nitrogens with zero attached hydrogens (tertiary/aromatic N) is 3. The molecule has 1 aliphatic heterocycles. The number of sulfone groups is 1. The molecule has 0 bridgehead atoms. The Kier molecular flexibility index (Phi) is 5.17. The fourth-order valence-corrected chi connectivity index (χ4v) is 4.67. The van der Waals surface area contributed by atoms with E-state index in [1.165, 1.54) is 0 Å². The fraction of sp³-hybridized carbons (Fsp3) is 0.412. The normalized spacial score (nSPS) is 18.3. The third-order valence-corrected chi connectivity index (χ3v) is 6.12. The van der Waals surface area contributed by atoms with Crippen molar-refractivity contribution in [2.24, 2.45) is 0 Å². The van der Waals surface area contributed by atoms with Crippen molar-refractivity contribution < 1.29 is 17.9 Å². The van der Waals surface area contributed by atoms with Crippen LogP contribution >= 0.6 is 0 Å². The lowest BCUT2D eigenvalue weighted by molar-refractivity contribution is 0.355. The highest BCUT2D eigenvalue weighted by Gasteiger charge is 2.31. The maximum Gasteiger partial charge on any atom is 0.227 e. The summed E-state index contributed by atoms with van der Waals surface area (Å²) in [6.45, 7) is 0. The van der Waals surface area contributed by atoms with Crippen molar-refractivity contribution >= 4 is 27.3 Å². The number of methoxy groups -OCH3 is 2. The molecule has 1 atom stereocenters. The van der Waals surface area contributed by atoms with Crippen LogP contribution in [0.1, 0.15) is 6.42 Å². The first-order valence-electron chi connectivity index (χ1n) is 8.17. The van der Waals surface area contributed by atoms with Crippen molar-refractivity contribution in [1.82, 2.24) is 9.97 Å². The molecule has 1 aliphatic rings. The molecule has 0 aliphatic carbocycles. The average molecular weight is 378 g/mol. The first kappa shape index (κ1) is 18.2. The minimum Gasteiger partial charge on any atom is -0.493 e. The van der Waals surface area contributed by atoms with E-state index in [1.54, 1.807) is 32.5 Å². The first-order chi connectivity index (χ1) is 12.4. The van der Waals surface area contributed by atoms with Gasteiger partial charge < -0.3 is 19.7 Å². The van der Waals surface area contributed by atoms with E-state index in [4.69, 9.17) is 9.47 Å². The third kappa shape index (κ3) is 3.98. The van der Waals surface area contributed by atoms with Crippen LogP contribution < -0.4 is 19.7 Å². The van der Waals surface area contributed by atoms with Gasteiger partial charge in [0.15, 0.2) is 21.3 Å². The van der Waals surface area contributed by atoms with Crippen LogP contribution in [0.4, 0.5) is 17.5 Å². The van der Waals surface area contributed by atoms with Crippen molar-refractivity contribution in [3.63, 3.8) is 0 Å². The van der Waals surface area contributed by atoms with E-state index in [0.717, 1.165) is 5.69 Å². The van der Waals surface area contributed by atoms with E-state index in [1.807, 2.05) is 24.1 Å². The topological polar surface area (TPSA) is 93.7 Å². The molecular formula is C17H22N4O4S. The molecule has 1 saturated heterocycles. The summed E-state index contributed by atoms with van der Waals surface area (Å²) in [4.78, 5) is 10.6. The molecule has 3 rings (SSSR count). The van der Waals surface area contributed by atoms with Crippen LogP contribution in [0, 0.1) is 0 Å². The summed E-state index contributed by atoms with van der Waals surface area (Å²) in [5.41, 5.74) is 0.790. The van der Waals surface area contributed by atoms with E-state index >= 15 is 0 Å². The van der Waals surface area contributed by atoms with Crippen LogP contribution in [0.3, 0.4) is 0 Å². The van der Waals surface area contributed by atoms with Crippen LogP contribution in [0.25, 0.3) is 0 Å². The fourth-order valence-electron chi connectivity index (χ4n) is 2.89. The molecule has 26 heavy (non-hydrogen) atoms. The standard InChI is InChI=1S/C17H22N4O4S/c1-21(13-7-9-26(22,23)11-13)17-18-8-6-16(20-17)19-12-4-5-14(24-2)15(10-12)25-3/h4-6,8,10,13H,7,9,11H2,1-3H3,(H,18,19,20). The van der Waals surface area contributed by atoms with Crippen molar-refractivity contribution in [1.29, 1.82) is 0 Å². The number of hydrogen-bond donors (Lipinski definition) is 1. The van der Waals surface area contributed by atoms with Gasteiger partial charge in [0, 0.05) is 31.0 Å². The summed E-state index contributed by atoms with van der Waals surface area (Å²) in [7, 11) is 2.02. The summed E-state index contributed by atoms with van der Waals surface area (Å²) in [6, 6.07) is 7.12. The number of aromatic nitrogens is 2. The molecule has 2 aromatic rings. The lowest BCUT2D eigenvalue weighted by Gasteiger charge is -2.23. The molecule has 9 heteroatoms. The Balaban J connectivity index is 1.77. The van der Waals surface area contributed by atoms with Crippen LogP contribution in [-0.2, 0) is 9.84 Å². The summed E-state index contributed by atoms with van der Waals surface area (Å²) in [6.07, 6.45) is 2.24. The molecule has 2 heterocycles. The molecule has 0 amide bonds. The van der Waals surface area contributed by atoms with Gasteiger partial charge in [-0.25, -0.2) is 13.4 Å². The molecule has 8 nitrogen and oxygen atoms in total. The van der Waals surface area contributed by atoms with Gasteiger partial charge in [0.05, 0.1) is 25.7 Å². The lowest BCUT2D eigenvalue weighted by Crippen LogP contribution is -2.33. The number of nitrogens with one attached hydrogen (secondary N) is 1. The average Bonchev–Trinajstić information content (AvgIpc) is 3.01. The third-order valence-electron chi connectivity index (χ3n) is 4.37. The number of hydrogen-bond acceptors (Lipinski definition) is 8. The molecule has 1 fully saturated rings. The van der Waals surface area contributed by atoms with E-state index in [9.17, 15) is 8.42 Å². The van der Waals surface area contributed by atoms with Gasteiger partial charge in [-0.3, -0.25) is 0 Å². The molecule has 1 aromatic carbocycles. The largest absolute Gasteiger partial charge is 0.493 e. The van der Waals surface area contributed by atoms with Crippen molar-refractivity contribution in [3.05, 3.63) is 30.5 Å². The Hall–Kier alpha value is -2.55. The number of anilines is 3. The summed E-state index contributed by atoms with van der Waals surface area (Å²) in [5, 5.41) is 3.20. The quantitative estimate of drug-likeness (QED) is 0.814. The number of rotatable bonds is 6.